The van der Waals surface area contributed by atoms with Crippen LogP contribution in [0.1, 0.15) is 36.7 Å². The summed E-state index contributed by atoms with van der Waals surface area (Å²) in [4.78, 5) is 25.0. The van der Waals surface area contributed by atoms with Crippen LogP contribution in [0.25, 0.3) is 5.69 Å². The van der Waals surface area contributed by atoms with Gasteiger partial charge in [0.05, 0.1) is 40.7 Å². The first-order chi connectivity index (χ1) is 14.9. The number of benzene rings is 2. The summed E-state index contributed by atoms with van der Waals surface area (Å²) < 4.78 is 17.7. The van der Waals surface area contributed by atoms with E-state index in [0.29, 0.717) is 22.0 Å². The third kappa shape index (κ3) is 5.64. The second-order valence-corrected chi connectivity index (χ2v) is 7.28. The average molecular weight is 443 g/mol. The van der Waals surface area contributed by atoms with Crippen molar-refractivity contribution in [2.75, 3.05) is 13.2 Å². The van der Waals surface area contributed by atoms with Gasteiger partial charge in [0.2, 0.25) is 0 Å². The van der Waals surface area contributed by atoms with Crippen molar-refractivity contribution in [3.05, 3.63) is 71.0 Å². The van der Waals surface area contributed by atoms with Crippen LogP contribution in [0.4, 0.5) is 0 Å². The summed E-state index contributed by atoms with van der Waals surface area (Å²) in [7, 11) is 0. The number of nitrogens with zero attached hydrogens (tertiary/aromatic N) is 2. The number of carbonyl (C=O) groups is 2. The van der Waals surface area contributed by atoms with Crippen molar-refractivity contribution in [1.82, 2.24) is 9.78 Å². The highest BCUT2D eigenvalue weighted by Gasteiger charge is 2.20. The molecule has 7 nitrogen and oxygen atoms in total. The molecule has 0 atom stereocenters. The monoisotopic (exact) mass is 442 g/mol. The molecule has 3 rings (SSSR count). The van der Waals surface area contributed by atoms with E-state index in [2.05, 4.69) is 5.10 Å². The minimum Gasteiger partial charge on any atom is -0.491 e. The SMILES string of the molecule is CCOC(=O)COc1ccc(OC(C)C)cc1C(=O)c1cnn(-c2ccccc2Cl)c1. The van der Waals surface area contributed by atoms with Gasteiger partial charge in [-0.25, -0.2) is 9.48 Å². The van der Waals surface area contributed by atoms with Crippen LogP contribution < -0.4 is 9.47 Å². The third-order valence-corrected chi connectivity index (χ3v) is 4.48. The highest BCUT2D eigenvalue weighted by molar-refractivity contribution is 6.32. The third-order valence-electron chi connectivity index (χ3n) is 4.16. The number of halogens is 1. The molecule has 3 aromatic rings. The number of para-hydroxylation sites is 1. The Morgan fingerprint density at radius 3 is 2.65 bits per heavy atom. The first-order valence-corrected chi connectivity index (χ1v) is 10.2. The maximum absolute atomic E-state index is 13.3. The molecule has 1 heterocycles. The molecule has 162 valence electrons. The molecule has 8 heteroatoms. The number of rotatable bonds is 9. The summed E-state index contributed by atoms with van der Waals surface area (Å²) in [6, 6.07) is 12.1. The fourth-order valence-corrected chi connectivity index (χ4v) is 3.08. The van der Waals surface area contributed by atoms with Crippen LogP contribution >= 0.6 is 11.6 Å². The van der Waals surface area contributed by atoms with Gasteiger partial charge < -0.3 is 14.2 Å². The van der Waals surface area contributed by atoms with Crippen LogP contribution in [0.3, 0.4) is 0 Å². The number of esters is 1. The van der Waals surface area contributed by atoms with E-state index >= 15 is 0 Å². The van der Waals surface area contributed by atoms with Crippen LogP contribution in [0.5, 0.6) is 11.5 Å². The van der Waals surface area contributed by atoms with Gasteiger partial charge in [-0.2, -0.15) is 5.10 Å². The minimum atomic E-state index is -0.519. The lowest BCUT2D eigenvalue weighted by atomic mass is 10.0. The van der Waals surface area contributed by atoms with Gasteiger partial charge in [-0.15, -0.1) is 0 Å². The Kier molecular flexibility index (Phi) is 7.31. The molecule has 0 saturated heterocycles. The number of ketones is 1. The molecule has 0 saturated carbocycles. The zero-order valence-electron chi connectivity index (χ0n) is 17.5. The number of ether oxygens (including phenoxy) is 3. The molecular formula is C23H23ClN2O5. The van der Waals surface area contributed by atoms with Crippen molar-refractivity contribution in [1.29, 1.82) is 0 Å². The summed E-state index contributed by atoms with van der Waals surface area (Å²) in [6.45, 7) is 5.43. The van der Waals surface area contributed by atoms with Gasteiger partial charge in [0.25, 0.3) is 0 Å². The van der Waals surface area contributed by atoms with Crippen molar-refractivity contribution in [2.24, 2.45) is 0 Å². The number of aromatic nitrogens is 2. The fourth-order valence-electron chi connectivity index (χ4n) is 2.86. The quantitative estimate of drug-likeness (QED) is 0.359. The van der Waals surface area contributed by atoms with Crippen molar-refractivity contribution in [3.63, 3.8) is 0 Å². The first kappa shape index (κ1) is 22.4. The highest BCUT2D eigenvalue weighted by atomic mass is 35.5. The zero-order valence-corrected chi connectivity index (χ0v) is 18.3. The van der Waals surface area contributed by atoms with E-state index in [1.165, 1.54) is 10.9 Å². The van der Waals surface area contributed by atoms with Crippen LogP contribution in [-0.2, 0) is 9.53 Å². The number of hydrogen-bond acceptors (Lipinski definition) is 6. The van der Waals surface area contributed by atoms with Crippen molar-refractivity contribution in [2.45, 2.75) is 26.9 Å². The number of hydrogen-bond donors (Lipinski definition) is 0. The maximum Gasteiger partial charge on any atom is 0.344 e. The predicted molar refractivity (Wildman–Crippen MR) is 116 cm³/mol. The van der Waals surface area contributed by atoms with Crippen LogP contribution in [-0.4, -0.2) is 40.9 Å². The topological polar surface area (TPSA) is 79.7 Å². The lowest BCUT2D eigenvalue weighted by molar-refractivity contribution is -0.145. The molecule has 2 aromatic carbocycles. The second-order valence-electron chi connectivity index (χ2n) is 6.87. The Morgan fingerprint density at radius 2 is 1.94 bits per heavy atom. The van der Waals surface area contributed by atoms with Gasteiger partial charge in [-0.3, -0.25) is 4.79 Å². The molecule has 0 aliphatic carbocycles. The summed E-state index contributed by atoms with van der Waals surface area (Å²) in [6.07, 6.45) is 2.98. The molecule has 0 radical (unpaired) electrons. The zero-order chi connectivity index (χ0) is 22.4. The molecule has 1 aromatic heterocycles. The van der Waals surface area contributed by atoms with E-state index in [4.69, 9.17) is 25.8 Å². The van der Waals surface area contributed by atoms with Crippen LogP contribution in [0.2, 0.25) is 5.02 Å². The molecule has 0 aliphatic rings. The molecule has 0 bridgehead atoms. The normalized spacial score (nSPS) is 10.7. The molecule has 0 N–H and O–H groups in total. The van der Waals surface area contributed by atoms with E-state index in [9.17, 15) is 9.59 Å². The summed E-state index contributed by atoms with van der Waals surface area (Å²) in [5, 5.41) is 4.77. The van der Waals surface area contributed by atoms with Crippen molar-refractivity contribution in [3.8, 4) is 17.2 Å². The van der Waals surface area contributed by atoms with Crippen molar-refractivity contribution >= 4 is 23.4 Å². The van der Waals surface area contributed by atoms with Gasteiger partial charge >= 0.3 is 5.97 Å². The smallest absolute Gasteiger partial charge is 0.344 e. The largest absolute Gasteiger partial charge is 0.491 e. The Hall–Kier alpha value is -3.32. The summed E-state index contributed by atoms with van der Waals surface area (Å²) >= 11 is 6.23. The van der Waals surface area contributed by atoms with E-state index in [0.717, 1.165) is 0 Å². The maximum atomic E-state index is 13.3. The van der Waals surface area contributed by atoms with Gasteiger partial charge in [0.15, 0.2) is 12.4 Å². The van der Waals surface area contributed by atoms with Crippen molar-refractivity contribution < 1.29 is 23.8 Å². The fraction of sp³-hybridized carbons (Fsp3) is 0.261. The molecule has 0 aliphatic heterocycles. The molecule has 0 amide bonds. The lowest BCUT2D eigenvalue weighted by Gasteiger charge is -2.14. The van der Waals surface area contributed by atoms with E-state index in [1.54, 1.807) is 43.5 Å². The minimum absolute atomic E-state index is 0.0720. The Balaban J connectivity index is 1.92. The first-order valence-electron chi connectivity index (χ1n) is 9.82. The number of carbonyl (C=O) groups excluding carboxylic acids is 2. The Bertz CT molecular complexity index is 1080. The average Bonchev–Trinajstić information content (AvgIpc) is 3.22. The van der Waals surface area contributed by atoms with Crippen LogP contribution in [0, 0.1) is 0 Å². The lowest BCUT2D eigenvalue weighted by Crippen LogP contribution is -2.16. The summed E-state index contributed by atoms with van der Waals surface area (Å²) in [5.74, 6) is -0.0821. The molecule has 0 spiro atoms. The predicted octanol–water partition coefficient (Wildman–Crippen LogP) is 4.49. The molecule has 0 unspecified atom stereocenters. The summed E-state index contributed by atoms with van der Waals surface area (Å²) in [5.41, 5.74) is 1.24. The molecule has 0 fully saturated rings. The standard InChI is InChI=1S/C23H23ClN2O5/c1-4-29-22(27)14-30-21-10-9-17(31-15(2)3)11-18(21)23(28)16-12-25-26(13-16)20-8-6-5-7-19(20)24/h5-13,15H,4,14H2,1-3H3. The molecular weight excluding hydrogens is 420 g/mol. The van der Waals surface area contributed by atoms with Gasteiger partial charge in [-0.1, -0.05) is 23.7 Å². The van der Waals surface area contributed by atoms with Gasteiger partial charge in [0.1, 0.15) is 11.5 Å². The van der Waals surface area contributed by atoms with E-state index in [1.807, 2.05) is 26.0 Å². The van der Waals surface area contributed by atoms with Gasteiger partial charge in [0, 0.05) is 6.20 Å². The van der Waals surface area contributed by atoms with E-state index in [-0.39, 0.29) is 36.4 Å². The molecule has 31 heavy (non-hydrogen) atoms. The Morgan fingerprint density at radius 1 is 1.16 bits per heavy atom. The Labute approximate surface area is 185 Å². The van der Waals surface area contributed by atoms with E-state index < -0.39 is 5.97 Å². The van der Waals surface area contributed by atoms with Gasteiger partial charge in [-0.05, 0) is 51.1 Å². The second kappa shape index (κ2) is 10.1. The van der Waals surface area contributed by atoms with Crippen LogP contribution in [0.15, 0.2) is 54.9 Å². The highest BCUT2D eigenvalue weighted by Crippen LogP contribution is 2.28.